The minimum atomic E-state index is 0.879. The molecule has 0 bridgehead atoms. The standard InChI is InChI=1S/C19H32/c1-3-5-7-17-10-14-19(15-11-17)18-12-8-16(6-4-2)9-13-18/h4,6,16,19H,3,5,7-15H2,1-2H3/b6-4+. The van der Waals surface area contributed by atoms with E-state index in [9.17, 15) is 0 Å². The summed E-state index contributed by atoms with van der Waals surface area (Å²) in [6.07, 6.45) is 20.4. The van der Waals surface area contributed by atoms with Gasteiger partial charge in [-0.2, -0.15) is 0 Å². The molecule has 2 rings (SSSR count). The Balaban J connectivity index is 1.68. The molecule has 0 aliphatic heterocycles. The van der Waals surface area contributed by atoms with Gasteiger partial charge < -0.3 is 0 Å². The molecular weight excluding hydrogens is 228 g/mol. The normalized spacial score (nSPS) is 25.4. The molecule has 0 heterocycles. The number of allylic oxidation sites excluding steroid dienone is 2. The van der Waals surface area contributed by atoms with Crippen LogP contribution in [0.5, 0.6) is 0 Å². The highest BCUT2D eigenvalue weighted by molar-refractivity contribution is 5.07. The fourth-order valence-corrected chi connectivity index (χ4v) is 3.99. The van der Waals surface area contributed by atoms with Crippen LogP contribution in [-0.4, -0.2) is 0 Å². The summed E-state index contributed by atoms with van der Waals surface area (Å²) in [6, 6.07) is 0. The second-order valence-corrected chi connectivity index (χ2v) is 6.65. The van der Waals surface area contributed by atoms with Crippen molar-refractivity contribution in [3.8, 4) is 0 Å². The van der Waals surface area contributed by atoms with Crippen molar-refractivity contribution >= 4 is 0 Å². The Morgan fingerprint density at radius 2 is 1.68 bits per heavy atom. The van der Waals surface area contributed by atoms with E-state index in [1.54, 1.807) is 0 Å². The average molecular weight is 260 g/mol. The first kappa shape index (κ1) is 15.1. The van der Waals surface area contributed by atoms with Crippen LogP contribution in [0.15, 0.2) is 12.2 Å². The van der Waals surface area contributed by atoms with Gasteiger partial charge in [-0.1, -0.05) is 31.9 Å². The van der Waals surface area contributed by atoms with Crippen LogP contribution in [0.1, 0.15) is 84.5 Å². The van der Waals surface area contributed by atoms with Crippen LogP contribution >= 0.6 is 0 Å². The van der Waals surface area contributed by atoms with Gasteiger partial charge in [-0.05, 0) is 88.4 Å². The molecule has 2 radical (unpaired) electrons. The minimum absolute atomic E-state index is 0.879. The van der Waals surface area contributed by atoms with E-state index in [4.69, 9.17) is 0 Å². The summed E-state index contributed by atoms with van der Waals surface area (Å²) in [6.45, 7) is 4.47. The van der Waals surface area contributed by atoms with Gasteiger partial charge in [0.25, 0.3) is 0 Å². The lowest BCUT2D eigenvalue weighted by atomic mass is 9.68. The quantitative estimate of drug-likeness (QED) is 0.510. The van der Waals surface area contributed by atoms with Gasteiger partial charge in [-0.25, -0.2) is 0 Å². The Hall–Kier alpha value is -0.260. The molecule has 0 unspecified atom stereocenters. The Morgan fingerprint density at radius 3 is 2.26 bits per heavy atom. The third-order valence-corrected chi connectivity index (χ3v) is 5.29. The molecule has 0 saturated heterocycles. The minimum Gasteiger partial charge on any atom is -0.0914 e. The van der Waals surface area contributed by atoms with E-state index < -0.39 is 0 Å². The smallest absolute Gasteiger partial charge is 0.0210 e. The lowest BCUT2D eigenvalue weighted by Crippen LogP contribution is -2.23. The van der Waals surface area contributed by atoms with Crippen molar-refractivity contribution in [1.29, 1.82) is 0 Å². The summed E-state index contributed by atoms with van der Waals surface area (Å²) in [5.41, 5.74) is 0. The molecule has 2 saturated carbocycles. The third kappa shape index (κ3) is 4.65. The second-order valence-electron chi connectivity index (χ2n) is 6.65. The number of hydrogen-bond acceptors (Lipinski definition) is 0. The maximum absolute atomic E-state index is 2.42. The highest BCUT2D eigenvalue weighted by atomic mass is 14.3. The molecule has 2 aliphatic rings. The molecule has 0 aromatic rings. The van der Waals surface area contributed by atoms with Gasteiger partial charge >= 0.3 is 0 Å². The van der Waals surface area contributed by atoms with E-state index in [0.717, 1.165) is 11.8 Å². The zero-order valence-electron chi connectivity index (χ0n) is 13.1. The van der Waals surface area contributed by atoms with Crippen LogP contribution in [-0.2, 0) is 0 Å². The van der Waals surface area contributed by atoms with Crippen molar-refractivity contribution in [3.63, 3.8) is 0 Å². The largest absolute Gasteiger partial charge is 0.0914 e. The summed E-state index contributed by atoms with van der Waals surface area (Å²) >= 11 is 0. The predicted octanol–water partition coefficient (Wildman–Crippen LogP) is 6.28. The van der Waals surface area contributed by atoms with Crippen molar-refractivity contribution in [2.45, 2.75) is 84.5 Å². The van der Waals surface area contributed by atoms with Gasteiger partial charge in [0.2, 0.25) is 0 Å². The third-order valence-electron chi connectivity index (χ3n) is 5.29. The summed E-state index contributed by atoms with van der Waals surface area (Å²) < 4.78 is 0. The van der Waals surface area contributed by atoms with E-state index >= 15 is 0 Å². The van der Waals surface area contributed by atoms with Crippen LogP contribution < -0.4 is 0 Å². The molecule has 0 atom stereocenters. The molecule has 0 spiro atoms. The number of hydrogen-bond donors (Lipinski definition) is 0. The molecule has 0 N–H and O–H groups in total. The fourth-order valence-electron chi connectivity index (χ4n) is 3.99. The number of unbranched alkanes of at least 4 members (excludes halogenated alkanes) is 1. The zero-order valence-corrected chi connectivity index (χ0v) is 13.1. The molecule has 2 aliphatic carbocycles. The maximum Gasteiger partial charge on any atom is -0.0210 e. The first-order chi connectivity index (χ1) is 9.33. The van der Waals surface area contributed by atoms with Crippen molar-refractivity contribution in [2.24, 2.45) is 11.8 Å². The van der Waals surface area contributed by atoms with E-state index in [1.165, 1.54) is 70.6 Å². The van der Waals surface area contributed by atoms with Gasteiger partial charge in [0.05, 0.1) is 0 Å². The molecule has 108 valence electrons. The summed E-state index contributed by atoms with van der Waals surface area (Å²) in [5.74, 6) is 5.66. The van der Waals surface area contributed by atoms with Crippen molar-refractivity contribution in [1.82, 2.24) is 0 Å². The Bertz CT molecular complexity index is 249. The van der Waals surface area contributed by atoms with Gasteiger partial charge in [0, 0.05) is 0 Å². The average Bonchev–Trinajstić information content (AvgIpc) is 2.47. The van der Waals surface area contributed by atoms with Crippen LogP contribution in [0, 0.1) is 23.7 Å². The van der Waals surface area contributed by atoms with Crippen molar-refractivity contribution in [3.05, 3.63) is 24.0 Å². The lowest BCUT2D eigenvalue weighted by Gasteiger charge is -2.37. The predicted molar refractivity (Wildman–Crippen MR) is 84.7 cm³/mol. The second kappa shape index (κ2) is 8.12. The van der Waals surface area contributed by atoms with Crippen molar-refractivity contribution in [2.75, 3.05) is 0 Å². The summed E-state index contributed by atoms with van der Waals surface area (Å²) in [4.78, 5) is 0. The fraction of sp³-hybridized carbons (Fsp3) is 0.789. The van der Waals surface area contributed by atoms with Crippen LogP contribution in [0.2, 0.25) is 0 Å². The molecule has 0 amide bonds. The van der Waals surface area contributed by atoms with E-state index in [1.807, 2.05) is 11.8 Å². The number of rotatable bonds is 5. The van der Waals surface area contributed by atoms with Crippen LogP contribution in [0.3, 0.4) is 0 Å². The lowest BCUT2D eigenvalue weighted by molar-refractivity contribution is 0.310. The zero-order chi connectivity index (χ0) is 13.5. The summed E-state index contributed by atoms with van der Waals surface area (Å²) in [5, 5.41) is 0. The van der Waals surface area contributed by atoms with Crippen LogP contribution in [0.4, 0.5) is 0 Å². The molecule has 2 fully saturated rings. The van der Waals surface area contributed by atoms with Crippen LogP contribution in [0.25, 0.3) is 0 Å². The van der Waals surface area contributed by atoms with Crippen molar-refractivity contribution < 1.29 is 0 Å². The molecule has 19 heavy (non-hydrogen) atoms. The maximum atomic E-state index is 2.42. The molecule has 0 heteroatoms. The van der Waals surface area contributed by atoms with Gasteiger partial charge in [-0.15, -0.1) is 0 Å². The highest BCUT2D eigenvalue weighted by Gasteiger charge is 2.30. The Kier molecular flexibility index (Phi) is 6.47. The van der Waals surface area contributed by atoms with Gasteiger partial charge in [0.15, 0.2) is 0 Å². The Morgan fingerprint density at radius 1 is 1.00 bits per heavy atom. The van der Waals surface area contributed by atoms with E-state index in [0.29, 0.717) is 0 Å². The first-order valence-electron chi connectivity index (χ1n) is 8.64. The van der Waals surface area contributed by atoms with Gasteiger partial charge in [-0.3, -0.25) is 0 Å². The summed E-state index contributed by atoms with van der Waals surface area (Å²) in [7, 11) is 0. The van der Waals surface area contributed by atoms with Gasteiger partial charge in [0.1, 0.15) is 0 Å². The SMILES string of the molecule is C/C=C/C1CC[C](C2CC[C](CCCC)CC2)CC1. The van der Waals surface area contributed by atoms with E-state index in [-0.39, 0.29) is 0 Å². The Labute approximate surface area is 121 Å². The topological polar surface area (TPSA) is 0 Å². The highest BCUT2D eigenvalue weighted by Crippen LogP contribution is 2.44. The molecule has 0 aromatic heterocycles. The first-order valence-corrected chi connectivity index (χ1v) is 8.64. The monoisotopic (exact) mass is 260 g/mol. The molecular formula is C19H32. The molecule has 0 nitrogen and oxygen atoms in total. The van der Waals surface area contributed by atoms with E-state index in [2.05, 4.69) is 26.0 Å². The molecule has 0 aromatic carbocycles.